The first-order chi connectivity index (χ1) is 8.49. The Bertz CT molecular complexity index is 637. The molecule has 1 N–H and O–H groups in total. The molecular formula is C12H11BrClN3O. The monoisotopic (exact) mass is 327 g/mol. The molecule has 0 atom stereocenters. The van der Waals surface area contributed by atoms with Crippen LogP contribution in [0.2, 0.25) is 5.02 Å². The first-order valence-electron chi connectivity index (χ1n) is 5.25. The molecule has 1 aromatic carbocycles. The minimum atomic E-state index is -0.175. The molecule has 0 saturated carbocycles. The minimum absolute atomic E-state index is 0.175. The molecule has 0 bridgehead atoms. The van der Waals surface area contributed by atoms with Gasteiger partial charge in [0, 0.05) is 17.8 Å². The lowest BCUT2D eigenvalue weighted by molar-refractivity contribution is 0.794. The summed E-state index contributed by atoms with van der Waals surface area (Å²) in [6.07, 6.45) is 0. The van der Waals surface area contributed by atoms with E-state index in [1.54, 1.807) is 31.3 Å². The van der Waals surface area contributed by atoms with Crippen molar-refractivity contribution in [2.24, 2.45) is 7.05 Å². The van der Waals surface area contributed by atoms with Gasteiger partial charge in [-0.1, -0.05) is 11.6 Å². The fraction of sp³-hybridized carbons (Fsp3) is 0.167. The Morgan fingerprint density at radius 1 is 1.33 bits per heavy atom. The Labute approximate surface area is 118 Å². The summed E-state index contributed by atoms with van der Waals surface area (Å²) in [5.74, 6) is 0.275. The zero-order chi connectivity index (χ0) is 13.3. The van der Waals surface area contributed by atoms with Crippen LogP contribution in [0.5, 0.6) is 0 Å². The Kier molecular flexibility index (Phi) is 3.73. The van der Waals surface area contributed by atoms with Gasteiger partial charge in [0.1, 0.15) is 4.60 Å². The number of benzene rings is 1. The standard InChI is InChI=1S/C12H11BrClN3O/c1-7-10(13)16-11(12(18)17(7)2)15-9-5-3-8(14)4-6-9/h3-6H,1-2H3,(H,15,16). The van der Waals surface area contributed by atoms with Gasteiger partial charge in [0.05, 0.1) is 5.69 Å². The fourth-order valence-electron chi connectivity index (χ4n) is 1.43. The van der Waals surface area contributed by atoms with E-state index in [1.165, 1.54) is 4.57 Å². The lowest BCUT2D eigenvalue weighted by Crippen LogP contribution is -2.23. The quantitative estimate of drug-likeness (QED) is 0.920. The van der Waals surface area contributed by atoms with Crippen molar-refractivity contribution in [1.29, 1.82) is 0 Å². The molecule has 1 heterocycles. The predicted octanol–water partition coefficient (Wildman–Crippen LogP) is 3.25. The van der Waals surface area contributed by atoms with Crippen molar-refractivity contribution < 1.29 is 0 Å². The molecule has 94 valence electrons. The van der Waals surface area contributed by atoms with Crippen LogP contribution in [0, 0.1) is 6.92 Å². The highest BCUT2D eigenvalue weighted by molar-refractivity contribution is 9.10. The van der Waals surface area contributed by atoms with Gasteiger partial charge in [0.15, 0.2) is 5.82 Å². The third kappa shape index (κ3) is 2.57. The van der Waals surface area contributed by atoms with Crippen LogP contribution in [0.3, 0.4) is 0 Å². The molecule has 18 heavy (non-hydrogen) atoms. The zero-order valence-corrected chi connectivity index (χ0v) is 12.2. The zero-order valence-electron chi connectivity index (χ0n) is 9.87. The first kappa shape index (κ1) is 13.1. The average Bonchev–Trinajstić information content (AvgIpc) is 2.36. The largest absolute Gasteiger partial charge is 0.336 e. The summed E-state index contributed by atoms with van der Waals surface area (Å²) in [5.41, 5.74) is 1.37. The van der Waals surface area contributed by atoms with E-state index < -0.39 is 0 Å². The summed E-state index contributed by atoms with van der Waals surface area (Å²) in [4.78, 5) is 16.2. The SMILES string of the molecule is Cc1c(Br)nc(Nc2ccc(Cl)cc2)c(=O)n1C. The number of nitrogens with zero attached hydrogens (tertiary/aromatic N) is 2. The maximum atomic E-state index is 12.0. The maximum Gasteiger partial charge on any atom is 0.293 e. The smallest absolute Gasteiger partial charge is 0.293 e. The molecule has 1 aromatic heterocycles. The molecule has 0 aliphatic heterocycles. The van der Waals surface area contributed by atoms with Crippen LogP contribution in [0.1, 0.15) is 5.69 Å². The van der Waals surface area contributed by atoms with Crippen molar-refractivity contribution in [3.05, 3.63) is 49.9 Å². The molecule has 2 aromatic rings. The van der Waals surface area contributed by atoms with Crippen LogP contribution in [-0.4, -0.2) is 9.55 Å². The van der Waals surface area contributed by atoms with Crippen LogP contribution in [-0.2, 0) is 7.05 Å². The number of halogens is 2. The summed E-state index contributed by atoms with van der Waals surface area (Å²) in [5, 5.41) is 3.62. The lowest BCUT2D eigenvalue weighted by Gasteiger charge is -2.10. The number of rotatable bonds is 2. The molecule has 0 radical (unpaired) electrons. The second-order valence-electron chi connectivity index (χ2n) is 3.83. The van der Waals surface area contributed by atoms with Gasteiger partial charge in [-0.15, -0.1) is 0 Å². The Morgan fingerprint density at radius 2 is 1.94 bits per heavy atom. The van der Waals surface area contributed by atoms with Crippen molar-refractivity contribution in [3.63, 3.8) is 0 Å². The van der Waals surface area contributed by atoms with E-state index in [2.05, 4.69) is 26.2 Å². The number of nitrogens with one attached hydrogen (secondary N) is 1. The normalized spacial score (nSPS) is 10.4. The molecule has 0 saturated heterocycles. The first-order valence-corrected chi connectivity index (χ1v) is 6.42. The molecule has 0 unspecified atom stereocenters. The fourth-order valence-corrected chi connectivity index (χ4v) is 2.00. The summed E-state index contributed by atoms with van der Waals surface area (Å²) >= 11 is 9.12. The third-order valence-corrected chi connectivity index (χ3v) is 3.63. The minimum Gasteiger partial charge on any atom is -0.336 e. The molecule has 0 fully saturated rings. The highest BCUT2D eigenvalue weighted by atomic mass is 79.9. The van der Waals surface area contributed by atoms with Gasteiger partial charge in [-0.25, -0.2) is 4.98 Å². The van der Waals surface area contributed by atoms with Gasteiger partial charge in [0.2, 0.25) is 0 Å². The molecule has 0 aliphatic carbocycles. The van der Waals surface area contributed by atoms with Gasteiger partial charge in [-0.05, 0) is 47.1 Å². The molecule has 4 nitrogen and oxygen atoms in total. The van der Waals surface area contributed by atoms with Crippen LogP contribution in [0.25, 0.3) is 0 Å². The van der Waals surface area contributed by atoms with Crippen molar-refractivity contribution in [2.75, 3.05) is 5.32 Å². The average molecular weight is 329 g/mol. The molecule has 2 rings (SSSR count). The third-order valence-electron chi connectivity index (χ3n) is 2.63. The summed E-state index contributed by atoms with van der Waals surface area (Å²) in [6.45, 7) is 1.82. The number of anilines is 2. The van der Waals surface area contributed by atoms with Crippen LogP contribution < -0.4 is 10.9 Å². The highest BCUT2D eigenvalue weighted by Crippen LogP contribution is 2.18. The molecule has 0 amide bonds. The number of hydrogen-bond donors (Lipinski definition) is 1. The van der Waals surface area contributed by atoms with E-state index in [0.717, 1.165) is 11.4 Å². The number of hydrogen-bond acceptors (Lipinski definition) is 3. The van der Waals surface area contributed by atoms with Crippen molar-refractivity contribution in [3.8, 4) is 0 Å². The van der Waals surface area contributed by atoms with E-state index in [-0.39, 0.29) is 11.4 Å². The van der Waals surface area contributed by atoms with E-state index in [0.29, 0.717) is 9.63 Å². The summed E-state index contributed by atoms with van der Waals surface area (Å²) < 4.78 is 2.18. The highest BCUT2D eigenvalue weighted by Gasteiger charge is 2.09. The maximum absolute atomic E-state index is 12.0. The second kappa shape index (κ2) is 5.12. The molecular weight excluding hydrogens is 318 g/mol. The van der Waals surface area contributed by atoms with Crippen LogP contribution >= 0.6 is 27.5 Å². The van der Waals surface area contributed by atoms with Gasteiger partial charge in [-0.2, -0.15) is 0 Å². The van der Waals surface area contributed by atoms with Gasteiger partial charge in [0.25, 0.3) is 5.56 Å². The van der Waals surface area contributed by atoms with E-state index in [4.69, 9.17) is 11.6 Å². The molecule has 0 aliphatic rings. The Morgan fingerprint density at radius 3 is 2.56 bits per heavy atom. The van der Waals surface area contributed by atoms with Gasteiger partial charge < -0.3 is 9.88 Å². The van der Waals surface area contributed by atoms with Crippen molar-refractivity contribution in [2.45, 2.75) is 6.92 Å². The topological polar surface area (TPSA) is 46.9 Å². The summed E-state index contributed by atoms with van der Waals surface area (Å²) in [6, 6.07) is 7.07. The lowest BCUT2D eigenvalue weighted by atomic mass is 10.3. The van der Waals surface area contributed by atoms with E-state index >= 15 is 0 Å². The van der Waals surface area contributed by atoms with Gasteiger partial charge >= 0.3 is 0 Å². The van der Waals surface area contributed by atoms with E-state index in [9.17, 15) is 4.79 Å². The Hall–Kier alpha value is -1.33. The van der Waals surface area contributed by atoms with Crippen molar-refractivity contribution >= 4 is 39.0 Å². The molecule has 0 spiro atoms. The van der Waals surface area contributed by atoms with E-state index in [1.807, 2.05) is 6.92 Å². The predicted molar refractivity (Wildman–Crippen MR) is 76.6 cm³/mol. The second-order valence-corrected chi connectivity index (χ2v) is 5.02. The number of aromatic nitrogens is 2. The van der Waals surface area contributed by atoms with Crippen LogP contribution in [0.4, 0.5) is 11.5 Å². The van der Waals surface area contributed by atoms with Crippen molar-refractivity contribution in [1.82, 2.24) is 9.55 Å². The molecule has 6 heteroatoms. The van der Waals surface area contributed by atoms with Gasteiger partial charge in [-0.3, -0.25) is 4.79 Å². The summed E-state index contributed by atoms with van der Waals surface area (Å²) in [7, 11) is 1.71. The Balaban J connectivity index is 2.41. The van der Waals surface area contributed by atoms with Crippen LogP contribution in [0.15, 0.2) is 33.7 Å².